The maximum atomic E-state index is 9.39. The van der Waals surface area contributed by atoms with E-state index in [1.807, 2.05) is 27.7 Å². The lowest BCUT2D eigenvalue weighted by atomic mass is 9.79. The van der Waals surface area contributed by atoms with Gasteiger partial charge < -0.3 is 20.1 Å². The van der Waals surface area contributed by atoms with E-state index < -0.39 is 7.12 Å². The minimum absolute atomic E-state index is 0. The molecule has 1 aromatic carbocycles. The van der Waals surface area contributed by atoms with Gasteiger partial charge in [0.1, 0.15) is 5.75 Å². The molecule has 6 heteroatoms. The summed E-state index contributed by atoms with van der Waals surface area (Å²) in [6.45, 7) is 7.99. The van der Waals surface area contributed by atoms with Gasteiger partial charge in [0, 0.05) is 0 Å². The monoisotopic (exact) mass is 271 g/mol. The Hall–Kier alpha value is -0.905. The summed E-state index contributed by atoms with van der Waals surface area (Å²) in [6.07, 6.45) is 0. The van der Waals surface area contributed by atoms with Crippen molar-refractivity contribution in [1.82, 2.24) is 0 Å². The van der Waals surface area contributed by atoms with Crippen molar-refractivity contribution in [2.75, 3.05) is 5.73 Å². The molecule has 0 bridgehead atoms. The number of phenolic OH excluding ortho intramolecular Hbond substituents is 1. The average Bonchev–Trinajstić information content (AvgIpc) is 2.41. The van der Waals surface area contributed by atoms with Crippen molar-refractivity contribution < 1.29 is 14.4 Å². The van der Waals surface area contributed by atoms with Crippen LogP contribution >= 0.6 is 12.4 Å². The van der Waals surface area contributed by atoms with Crippen molar-refractivity contribution in [3.63, 3.8) is 0 Å². The number of nitrogens with two attached hydrogens (primary N) is 1. The highest BCUT2D eigenvalue weighted by Crippen LogP contribution is 2.36. The van der Waals surface area contributed by atoms with Crippen molar-refractivity contribution in [2.24, 2.45) is 0 Å². The van der Waals surface area contributed by atoms with Crippen LogP contribution in [0.5, 0.6) is 5.75 Å². The van der Waals surface area contributed by atoms with Gasteiger partial charge in [0.2, 0.25) is 0 Å². The number of benzene rings is 1. The number of hydrogen-bond acceptors (Lipinski definition) is 4. The maximum Gasteiger partial charge on any atom is 0.494 e. The lowest BCUT2D eigenvalue weighted by Gasteiger charge is -2.32. The molecule has 100 valence electrons. The van der Waals surface area contributed by atoms with Gasteiger partial charge in [-0.15, -0.1) is 12.4 Å². The minimum atomic E-state index is -0.442. The summed E-state index contributed by atoms with van der Waals surface area (Å²) in [5, 5.41) is 9.39. The molecule has 18 heavy (non-hydrogen) atoms. The van der Waals surface area contributed by atoms with Crippen molar-refractivity contribution in [3.05, 3.63) is 18.2 Å². The van der Waals surface area contributed by atoms with Crippen LogP contribution in [0.15, 0.2) is 18.2 Å². The summed E-state index contributed by atoms with van der Waals surface area (Å²) in [4.78, 5) is 0. The van der Waals surface area contributed by atoms with E-state index in [1.54, 1.807) is 18.2 Å². The molecule has 0 amide bonds. The minimum Gasteiger partial charge on any atom is -0.506 e. The van der Waals surface area contributed by atoms with E-state index in [4.69, 9.17) is 15.0 Å². The molecule has 0 unspecified atom stereocenters. The van der Waals surface area contributed by atoms with Crippen LogP contribution < -0.4 is 11.2 Å². The van der Waals surface area contributed by atoms with Crippen LogP contribution in [0.1, 0.15) is 27.7 Å². The van der Waals surface area contributed by atoms with Crippen LogP contribution in [0.3, 0.4) is 0 Å². The Balaban J connectivity index is 0.00000162. The summed E-state index contributed by atoms with van der Waals surface area (Å²) < 4.78 is 11.8. The molecule has 0 radical (unpaired) electrons. The predicted molar refractivity (Wildman–Crippen MR) is 75.5 cm³/mol. The van der Waals surface area contributed by atoms with E-state index in [-0.39, 0.29) is 29.4 Å². The molecule has 0 saturated carbocycles. The van der Waals surface area contributed by atoms with Crippen molar-refractivity contribution >= 4 is 30.7 Å². The number of rotatable bonds is 1. The highest BCUT2D eigenvalue weighted by atomic mass is 35.5. The van der Waals surface area contributed by atoms with Crippen LogP contribution in [-0.2, 0) is 9.31 Å². The second-order valence-electron chi connectivity index (χ2n) is 5.41. The van der Waals surface area contributed by atoms with E-state index in [0.29, 0.717) is 5.69 Å². The molecule has 1 aromatic rings. The van der Waals surface area contributed by atoms with E-state index in [1.165, 1.54) is 0 Å². The van der Waals surface area contributed by atoms with Crippen LogP contribution in [0, 0.1) is 0 Å². The zero-order valence-electron chi connectivity index (χ0n) is 11.1. The predicted octanol–water partition coefficient (Wildman–Crippen LogP) is 1.70. The number of hydrogen-bond donors (Lipinski definition) is 2. The molecule has 0 atom stereocenters. The molecular formula is C12H19BClNO3. The van der Waals surface area contributed by atoms with Gasteiger partial charge >= 0.3 is 7.12 Å². The second kappa shape index (κ2) is 4.65. The highest BCUT2D eigenvalue weighted by molar-refractivity contribution is 6.62. The second-order valence-corrected chi connectivity index (χ2v) is 5.41. The number of phenols is 1. The normalized spacial score (nSPS) is 20.6. The highest BCUT2D eigenvalue weighted by Gasteiger charge is 2.51. The van der Waals surface area contributed by atoms with E-state index in [9.17, 15) is 5.11 Å². The summed E-state index contributed by atoms with van der Waals surface area (Å²) in [7, 11) is -0.442. The van der Waals surface area contributed by atoms with Gasteiger partial charge in [-0.2, -0.15) is 0 Å². The number of halogens is 1. The first-order valence-corrected chi connectivity index (χ1v) is 5.67. The lowest BCUT2D eigenvalue weighted by Crippen LogP contribution is -2.41. The van der Waals surface area contributed by atoms with Crippen LogP contribution in [-0.4, -0.2) is 23.4 Å². The molecule has 1 aliphatic rings. The van der Waals surface area contributed by atoms with Crippen LogP contribution in [0.4, 0.5) is 5.69 Å². The molecular weight excluding hydrogens is 252 g/mol. The van der Waals surface area contributed by atoms with Gasteiger partial charge in [-0.25, -0.2) is 0 Å². The summed E-state index contributed by atoms with van der Waals surface area (Å²) in [5.74, 6) is 0.0743. The van der Waals surface area contributed by atoms with Crippen molar-refractivity contribution in [3.8, 4) is 5.75 Å². The largest absolute Gasteiger partial charge is 0.506 e. The first-order valence-electron chi connectivity index (χ1n) is 5.67. The van der Waals surface area contributed by atoms with Gasteiger partial charge in [-0.05, 0) is 45.3 Å². The molecule has 1 heterocycles. The molecule has 1 aliphatic heterocycles. The molecule has 2 rings (SSSR count). The Morgan fingerprint density at radius 3 is 2.06 bits per heavy atom. The van der Waals surface area contributed by atoms with E-state index in [0.717, 1.165) is 5.46 Å². The molecule has 1 fully saturated rings. The number of nitrogen functional groups attached to an aromatic ring is 1. The molecule has 3 N–H and O–H groups in total. The third-order valence-electron chi connectivity index (χ3n) is 3.58. The van der Waals surface area contributed by atoms with Gasteiger partial charge in [0.25, 0.3) is 0 Å². The zero-order valence-corrected chi connectivity index (χ0v) is 11.9. The molecule has 4 nitrogen and oxygen atoms in total. The van der Waals surface area contributed by atoms with Gasteiger partial charge in [-0.3, -0.25) is 0 Å². The fraction of sp³-hybridized carbons (Fsp3) is 0.500. The zero-order chi connectivity index (χ0) is 12.8. The molecule has 0 aromatic heterocycles. The van der Waals surface area contributed by atoms with Gasteiger partial charge in [-0.1, -0.05) is 6.07 Å². The fourth-order valence-corrected chi connectivity index (χ4v) is 1.70. The SMILES string of the molecule is CC1(C)OB(c2ccc(O)c(N)c2)OC1(C)C.Cl. The third kappa shape index (κ3) is 2.43. The Morgan fingerprint density at radius 1 is 1.11 bits per heavy atom. The van der Waals surface area contributed by atoms with Crippen molar-refractivity contribution in [1.29, 1.82) is 0 Å². The lowest BCUT2D eigenvalue weighted by molar-refractivity contribution is 0.00578. The number of anilines is 1. The Morgan fingerprint density at radius 2 is 1.61 bits per heavy atom. The van der Waals surface area contributed by atoms with Gasteiger partial charge in [0.05, 0.1) is 16.9 Å². The maximum absolute atomic E-state index is 9.39. The van der Waals surface area contributed by atoms with Gasteiger partial charge in [0.15, 0.2) is 0 Å². The molecule has 1 saturated heterocycles. The standard InChI is InChI=1S/C12H18BNO3.ClH/c1-11(2)12(3,4)17-13(16-11)8-5-6-10(15)9(14)7-8;/h5-7,15H,14H2,1-4H3;1H. The number of aromatic hydroxyl groups is 1. The van der Waals surface area contributed by atoms with Crippen molar-refractivity contribution in [2.45, 2.75) is 38.9 Å². The molecule has 0 spiro atoms. The smallest absolute Gasteiger partial charge is 0.494 e. The topological polar surface area (TPSA) is 64.7 Å². The summed E-state index contributed by atoms with van der Waals surface area (Å²) in [5.41, 5.74) is 6.07. The van der Waals surface area contributed by atoms with Crippen LogP contribution in [0.2, 0.25) is 0 Å². The first kappa shape index (κ1) is 15.2. The Kier molecular flexibility index (Phi) is 3.91. The van der Waals surface area contributed by atoms with E-state index >= 15 is 0 Å². The summed E-state index contributed by atoms with van der Waals surface area (Å²) >= 11 is 0. The Bertz CT molecular complexity index is 435. The third-order valence-corrected chi connectivity index (χ3v) is 3.58. The van der Waals surface area contributed by atoms with E-state index in [2.05, 4.69) is 0 Å². The quantitative estimate of drug-likeness (QED) is 0.463. The van der Waals surface area contributed by atoms with Crippen LogP contribution in [0.25, 0.3) is 0 Å². The average molecular weight is 272 g/mol. The summed E-state index contributed by atoms with van der Waals surface area (Å²) in [6, 6.07) is 4.99. The Labute approximate surface area is 114 Å². The first-order chi connectivity index (χ1) is 7.73. The molecule has 0 aliphatic carbocycles. The fourth-order valence-electron chi connectivity index (χ4n) is 1.70.